The first-order valence-electron chi connectivity index (χ1n) is 6.95. The maximum absolute atomic E-state index is 12.1. The van der Waals surface area contributed by atoms with Crippen LogP contribution in [-0.4, -0.2) is 11.9 Å². The number of carbonyl (C=O) groups excluding carboxylic acids is 2. The highest BCUT2D eigenvalue weighted by molar-refractivity contribution is 6.17. The molecule has 2 aromatic rings. The van der Waals surface area contributed by atoms with Gasteiger partial charge in [0.05, 0.1) is 5.56 Å². The molecule has 0 saturated carbocycles. The molecule has 1 heterocycles. The minimum Gasteiger partial charge on any atom is -0.423 e. The fraction of sp³-hybridized carbons (Fsp3) is 0.176. The van der Waals surface area contributed by atoms with E-state index in [0.717, 1.165) is 16.8 Å². The second kappa shape index (κ2) is 6.20. The average Bonchev–Trinajstić information content (AvgIpc) is 2.55. The Morgan fingerprint density at radius 1 is 1.14 bits per heavy atom. The maximum Gasteiger partial charge on any atom is 0.343 e. The van der Waals surface area contributed by atoms with Crippen LogP contribution < -0.4 is 10.1 Å². The summed E-state index contributed by atoms with van der Waals surface area (Å²) in [5.74, 6) is 0.477. The van der Waals surface area contributed by atoms with E-state index in [0.29, 0.717) is 30.0 Å². The third-order valence-electron chi connectivity index (χ3n) is 3.53. The molecular weight excluding hydrogens is 302 g/mol. The highest BCUT2D eigenvalue weighted by Crippen LogP contribution is 2.27. The minimum atomic E-state index is -0.416. The Kier molecular flexibility index (Phi) is 4.11. The Balaban J connectivity index is 1.75. The summed E-state index contributed by atoms with van der Waals surface area (Å²) in [5.41, 5.74) is 3.17. The fourth-order valence-corrected chi connectivity index (χ4v) is 2.50. The smallest absolute Gasteiger partial charge is 0.343 e. The van der Waals surface area contributed by atoms with Crippen molar-refractivity contribution in [3.8, 4) is 5.75 Å². The molecule has 1 aliphatic rings. The molecule has 1 N–H and O–H groups in total. The van der Waals surface area contributed by atoms with Gasteiger partial charge in [0.25, 0.3) is 0 Å². The van der Waals surface area contributed by atoms with Crippen LogP contribution in [0.25, 0.3) is 0 Å². The van der Waals surface area contributed by atoms with Crippen LogP contribution in [0, 0.1) is 0 Å². The van der Waals surface area contributed by atoms with Crippen molar-refractivity contribution < 1.29 is 14.3 Å². The molecule has 0 bridgehead atoms. The molecule has 22 heavy (non-hydrogen) atoms. The minimum absolute atomic E-state index is 0.0108. The van der Waals surface area contributed by atoms with Crippen molar-refractivity contribution in [3.05, 3.63) is 59.2 Å². The number of halogens is 1. The molecule has 0 radical (unpaired) electrons. The topological polar surface area (TPSA) is 55.4 Å². The lowest BCUT2D eigenvalue weighted by Crippen LogP contribution is -2.19. The van der Waals surface area contributed by atoms with E-state index < -0.39 is 5.97 Å². The first kappa shape index (κ1) is 14.6. The Bertz CT molecular complexity index is 725. The zero-order chi connectivity index (χ0) is 15.5. The van der Waals surface area contributed by atoms with E-state index >= 15 is 0 Å². The van der Waals surface area contributed by atoms with Gasteiger partial charge in [-0.1, -0.05) is 12.1 Å². The van der Waals surface area contributed by atoms with Crippen molar-refractivity contribution in [1.82, 2.24) is 0 Å². The van der Waals surface area contributed by atoms with Gasteiger partial charge >= 0.3 is 5.97 Å². The average molecular weight is 316 g/mol. The number of amides is 1. The summed E-state index contributed by atoms with van der Waals surface area (Å²) in [6, 6.07) is 12.2. The number of carbonyl (C=O) groups is 2. The number of benzene rings is 2. The number of hydrogen-bond donors (Lipinski definition) is 1. The number of nitrogens with one attached hydrogen (secondary N) is 1. The standard InChI is InChI=1S/C17H14ClNO3/c18-10-11-1-3-12(4-2-11)17(21)22-14-6-7-15-13(9-14)5-8-16(20)19-15/h1-4,6-7,9H,5,8,10H2,(H,19,20). The first-order chi connectivity index (χ1) is 10.7. The van der Waals surface area contributed by atoms with Gasteiger partial charge in [-0.05, 0) is 47.9 Å². The Hall–Kier alpha value is -2.33. The van der Waals surface area contributed by atoms with Gasteiger partial charge in [0.1, 0.15) is 5.75 Å². The molecule has 5 heteroatoms. The Morgan fingerprint density at radius 3 is 2.64 bits per heavy atom. The summed E-state index contributed by atoms with van der Waals surface area (Å²) in [4.78, 5) is 23.4. The van der Waals surface area contributed by atoms with Crippen LogP contribution in [-0.2, 0) is 17.1 Å². The summed E-state index contributed by atoms with van der Waals surface area (Å²) in [5, 5.41) is 2.79. The van der Waals surface area contributed by atoms with Gasteiger partial charge in [0, 0.05) is 18.0 Å². The van der Waals surface area contributed by atoms with Gasteiger partial charge in [-0.3, -0.25) is 4.79 Å². The van der Waals surface area contributed by atoms with Crippen molar-refractivity contribution in [1.29, 1.82) is 0 Å². The predicted octanol–water partition coefficient (Wildman–Crippen LogP) is 3.53. The number of hydrogen-bond acceptors (Lipinski definition) is 3. The molecule has 112 valence electrons. The van der Waals surface area contributed by atoms with Gasteiger partial charge in [0.2, 0.25) is 5.91 Å². The second-order valence-corrected chi connectivity index (χ2v) is 5.35. The van der Waals surface area contributed by atoms with Gasteiger partial charge < -0.3 is 10.1 Å². The molecule has 0 unspecified atom stereocenters. The third-order valence-corrected chi connectivity index (χ3v) is 3.84. The summed E-state index contributed by atoms with van der Waals surface area (Å²) in [7, 11) is 0. The highest BCUT2D eigenvalue weighted by atomic mass is 35.5. The molecule has 2 aromatic carbocycles. The number of alkyl halides is 1. The van der Waals surface area contributed by atoms with Gasteiger partial charge in [-0.2, -0.15) is 0 Å². The third kappa shape index (κ3) is 3.12. The van der Waals surface area contributed by atoms with Crippen LogP contribution in [0.1, 0.15) is 27.9 Å². The molecule has 3 rings (SSSR count). The number of anilines is 1. The largest absolute Gasteiger partial charge is 0.423 e. The zero-order valence-electron chi connectivity index (χ0n) is 11.8. The molecule has 0 aliphatic carbocycles. The van der Waals surface area contributed by atoms with E-state index in [2.05, 4.69) is 5.32 Å². The molecule has 1 aliphatic heterocycles. The van der Waals surface area contributed by atoms with Gasteiger partial charge in [0.15, 0.2) is 0 Å². The van der Waals surface area contributed by atoms with Crippen LogP contribution in [0.15, 0.2) is 42.5 Å². The van der Waals surface area contributed by atoms with Crippen LogP contribution in [0.5, 0.6) is 5.75 Å². The predicted molar refractivity (Wildman–Crippen MR) is 84.4 cm³/mol. The van der Waals surface area contributed by atoms with Crippen LogP contribution in [0.4, 0.5) is 5.69 Å². The molecule has 4 nitrogen and oxygen atoms in total. The monoisotopic (exact) mass is 315 g/mol. The van der Waals surface area contributed by atoms with E-state index in [4.69, 9.17) is 16.3 Å². The highest BCUT2D eigenvalue weighted by Gasteiger charge is 2.16. The molecule has 1 amide bonds. The molecule has 0 aromatic heterocycles. The number of ether oxygens (including phenoxy) is 1. The van der Waals surface area contributed by atoms with Gasteiger partial charge in [-0.25, -0.2) is 4.79 Å². The molecule has 0 atom stereocenters. The lowest BCUT2D eigenvalue weighted by Gasteiger charge is -2.17. The number of fused-ring (bicyclic) bond motifs is 1. The SMILES string of the molecule is O=C1CCc2cc(OC(=O)c3ccc(CCl)cc3)ccc2N1. The first-order valence-corrected chi connectivity index (χ1v) is 7.49. The molecular formula is C17H14ClNO3. The number of esters is 1. The van der Waals surface area contributed by atoms with Crippen LogP contribution >= 0.6 is 11.6 Å². The second-order valence-electron chi connectivity index (χ2n) is 5.09. The van der Waals surface area contributed by atoms with E-state index in [1.54, 1.807) is 42.5 Å². The summed E-state index contributed by atoms with van der Waals surface area (Å²) >= 11 is 5.72. The van der Waals surface area contributed by atoms with E-state index in [1.807, 2.05) is 0 Å². The summed E-state index contributed by atoms with van der Waals surface area (Å²) in [6.07, 6.45) is 1.10. The van der Waals surface area contributed by atoms with E-state index in [9.17, 15) is 9.59 Å². The number of rotatable bonds is 3. The molecule has 0 spiro atoms. The summed E-state index contributed by atoms with van der Waals surface area (Å²) < 4.78 is 5.38. The Labute approximate surface area is 133 Å². The lowest BCUT2D eigenvalue weighted by atomic mass is 10.0. The lowest BCUT2D eigenvalue weighted by molar-refractivity contribution is -0.116. The van der Waals surface area contributed by atoms with Crippen LogP contribution in [0.2, 0.25) is 0 Å². The zero-order valence-corrected chi connectivity index (χ0v) is 12.5. The number of aryl methyl sites for hydroxylation is 1. The van der Waals surface area contributed by atoms with Crippen molar-refractivity contribution >= 4 is 29.2 Å². The fourth-order valence-electron chi connectivity index (χ4n) is 2.32. The molecule has 0 saturated heterocycles. The normalized spacial score (nSPS) is 13.2. The molecule has 0 fully saturated rings. The van der Waals surface area contributed by atoms with E-state index in [-0.39, 0.29) is 5.91 Å². The summed E-state index contributed by atoms with van der Waals surface area (Å²) in [6.45, 7) is 0. The quantitative estimate of drug-likeness (QED) is 0.535. The van der Waals surface area contributed by atoms with Crippen molar-refractivity contribution in [2.75, 3.05) is 5.32 Å². The van der Waals surface area contributed by atoms with Crippen molar-refractivity contribution in [2.24, 2.45) is 0 Å². The van der Waals surface area contributed by atoms with Crippen LogP contribution in [0.3, 0.4) is 0 Å². The van der Waals surface area contributed by atoms with E-state index in [1.165, 1.54) is 0 Å². The maximum atomic E-state index is 12.1. The van der Waals surface area contributed by atoms with Crippen molar-refractivity contribution in [2.45, 2.75) is 18.7 Å². The Morgan fingerprint density at radius 2 is 1.91 bits per heavy atom. The van der Waals surface area contributed by atoms with Crippen molar-refractivity contribution in [3.63, 3.8) is 0 Å². The van der Waals surface area contributed by atoms with Gasteiger partial charge in [-0.15, -0.1) is 11.6 Å².